The van der Waals surface area contributed by atoms with Gasteiger partial charge >= 0.3 is 11.9 Å². The molecular weight excluding hydrogens is 445 g/mol. The summed E-state index contributed by atoms with van der Waals surface area (Å²) in [6.07, 6.45) is 0. The molecule has 168 valence electrons. The Morgan fingerprint density at radius 1 is 1.26 bits per heavy atom. The van der Waals surface area contributed by atoms with Gasteiger partial charge < -0.3 is 24.3 Å². The number of dihydropyridines is 1. The topological polar surface area (TPSA) is 86.4 Å². The van der Waals surface area contributed by atoms with Crippen LogP contribution in [0, 0.1) is 0 Å². The highest BCUT2D eigenvalue weighted by Crippen LogP contribution is 2.43. The number of hydrogen-bond donors (Lipinski definition) is 1. The van der Waals surface area contributed by atoms with Crippen LogP contribution in [0.4, 0.5) is 0 Å². The van der Waals surface area contributed by atoms with Crippen molar-refractivity contribution in [2.75, 3.05) is 33.5 Å². The van der Waals surface area contributed by atoms with Gasteiger partial charge in [0.15, 0.2) is 0 Å². The summed E-state index contributed by atoms with van der Waals surface area (Å²) in [7, 11) is 1.28. The quantitative estimate of drug-likeness (QED) is 0.458. The summed E-state index contributed by atoms with van der Waals surface area (Å²) in [4.78, 5) is 25.8. The van der Waals surface area contributed by atoms with Crippen LogP contribution in [0.5, 0.6) is 0 Å². The monoisotopic (exact) mass is 469 g/mol. The van der Waals surface area contributed by atoms with E-state index in [9.17, 15) is 9.59 Å². The maximum atomic E-state index is 13.1. The summed E-state index contributed by atoms with van der Waals surface area (Å²) in [5.41, 5.74) is 1.66. The Morgan fingerprint density at radius 3 is 2.58 bits per heavy atom. The number of benzene rings is 1. The zero-order valence-electron chi connectivity index (χ0n) is 17.8. The lowest BCUT2D eigenvalue weighted by Gasteiger charge is -2.32. The van der Waals surface area contributed by atoms with Gasteiger partial charge in [0.2, 0.25) is 0 Å². The highest BCUT2D eigenvalue weighted by molar-refractivity contribution is 6.42. The normalized spacial score (nSPS) is 22.8. The van der Waals surface area contributed by atoms with E-state index in [1.165, 1.54) is 7.11 Å². The van der Waals surface area contributed by atoms with Gasteiger partial charge in [0.1, 0.15) is 5.60 Å². The number of rotatable bonds is 8. The van der Waals surface area contributed by atoms with E-state index in [0.717, 1.165) is 0 Å². The predicted octanol–water partition coefficient (Wildman–Crippen LogP) is 3.75. The standard InChI is InChI=1S/C22H25Cl2NO6/c1-5-30-21(27)18-15(9-29-10-22(3)11-31-22)25-12(2)16(20(26)28-4)17(18)13-7-6-8-14(23)19(13)24/h6-8,17,25H,5,9-11H2,1-4H3. The first-order chi connectivity index (χ1) is 14.7. The molecule has 0 spiro atoms. The van der Waals surface area contributed by atoms with E-state index in [-0.39, 0.29) is 35.0 Å². The van der Waals surface area contributed by atoms with Crippen molar-refractivity contribution >= 4 is 35.1 Å². The number of esters is 2. The van der Waals surface area contributed by atoms with Gasteiger partial charge in [-0.3, -0.25) is 0 Å². The summed E-state index contributed by atoms with van der Waals surface area (Å²) in [5, 5.41) is 3.67. The summed E-state index contributed by atoms with van der Waals surface area (Å²) in [5.74, 6) is -2.02. The molecule has 0 aliphatic carbocycles. The molecule has 0 bridgehead atoms. The van der Waals surface area contributed by atoms with Crippen molar-refractivity contribution < 1.29 is 28.5 Å². The molecule has 7 nitrogen and oxygen atoms in total. The van der Waals surface area contributed by atoms with Crippen LogP contribution in [0.1, 0.15) is 32.3 Å². The Kier molecular flexibility index (Phi) is 7.31. The van der Waals surface area contributed by atoms with Gasteiger partial charge in [-0.2, -0.15) is 0 Å². The minimum atomic E-state index is -0.842. The van der Waals surface area contributed by atoms with E-state index in [1.54, 1.807) is 32.0 Å². The molecular formula is C22H25Cl2NO6. The molecule has 0 saturated carbocycles. The van der Waals surface area contributed by atoms with Gasteiger partial charge in [0.25, 0.3) is 0 Å². The first-order valence-corrected chi connectivity index (χ1v) is 10.6. The maximum Gasteiger partial charge on any atom is 0.336 e. The van der Waals surface area contributed by atoms with Gasteiger partial charge in [-0.05, 0) is 32.4 Å². The van der Waals surface area contributed by atoms with Crippen LogP contribution in [-0.4, -0.2) is 51.1 Å². The molecule has 2 heterocycles. The van der Waals surface area contributed by atoms with Gasteiger partial charge in [-0.15, -0.1) is 0 Å². The summed E-state index contributed by atoms with van der Waals surface area (Å²) >= 11 is 12.8. The molecule has 9 heteroatoms. The number of ether oxygens (including phenoxy) is 4. The van der Waals surface area contributed by atoms with Crippen LogP contribution in [0.3, 0.4) is 0 Å². The molecule has 3 rings (SSSR count). The zero-order chi connectivity index (χ0) is 22.8. The lowest BCUT2D eigenvalue weighted by atomic mass is 9.80. The number of methoxy groups -OCH3 is 1. The largest absolute Gasteiger partial charge is 0.466 e. The van der Waals surface area contributed by atoms with Crippen LogP contribution in [0.2, 0.25) is 10.0 Å². The maximum absolute atomic E-state index is 13.1. The second-order valence-electron chi connectivity index (χ2n) is 7.58. The lowest BCUT2D eigenvalue weighted by Crippen LogP contribution is -2.35. The summed E-state index contributed by atoms with van der Waals surface area (Å²) in [6, 6.07) is 5.06. The number of hydrogen-bond acceptors (Lipinski definition) is 7. The molecule has 0 amide bonds. The smallest absolute Gasteiger partial charge is 0.336 e. The molecule has 1 aromatic carbocycles. The fraction of sp³-hybridized carbons (Fsp3) is 0.455. The summed E-state index contributed by atoms with van der Waals surface area (Å²) in [6.45, 7) is 6.61. The SMILES string of the molecule is CCOC(=O)C1=C(COCC2(C)CO2)NC(C)=C(C(=O)OC)C1c1cccc(Cl)c1Cl. The number of carbonyl (C=O) groups is 2. The minimum absolute atomic E-state index is 0.0908. The molecule has 2 aliphatic heterocycles. The first-order valence-electron chi connectivity index (χ1n) is 9.84. The van der Waals surface area contributed by atoms with Gasteiger partial charge in [-0.25, -0.2) is 9.59 Å². The zero-order valence-corrected chi connectivity index (χ0v) is 19.4. The Labute approximate surface area is 191 Å². The Morgan fingerprint density at radius 2 is 1.97 bits per heavy atom. The number of epoxide rings is 1. The average molecular weight is 470 g/mol. The third-order valence-electron chi connectivity index (χ3n) is 5.13. The first kappa shape index (κ1) is 23.6. The van der Waals surface area contributed by atoms with Gasteiger partial charge in [-0.1, -0.05) is 35.3 Å². The molecule has 0 radical (unpaired) electrons. The fourth-order valence-corrected chi connectivity index (χ4v) is 3.89. The van der Waals surface area contributed by atoms with Crippen molar-refractivity contribution in [2.45, 2.75) is 32.3 Å². The third-order valence-corrected chi connectivity index (χ3v) is 5.96. The van der Waals surface area contributed by atoms with Crippen LogP contribution in [0.15, 0.2) is 40.7 Å². The van der Waals surface area contributed by atoms with E-state index in [2.05, 4.69) is 5.32 Å². The molecule has 1 N–H and O–H groups in total. The number of allylic oxidation sites excluding steroid dienone is 1. The Hall–Kier alpha value is -2.06. The van der Waals surface area contributed by atoms with E-state index in [4.69, 9.17) is 42.1 Å². The molecule has 2 unspecified atom stereocenters. The van der Waals surface area contributed by atoms with E-state index in [1.807, 2.05) is 6.92 Å². The van der Waals surface area contributed by atoms with Crippen LogP contribution >= 0.6 is 23.2 Å². The molecule has 1 saturated heterocycles. The van der Waals surface area contributed by atoms with E-state index >= 15 is 0 Å². The van der Waals surface area contributed by atoms with Gasteiger partial charge in [0, 0.05) is 5.70 Å². The van der Waals surface area contributed by atoms with Crippen molar-refractivity contribution in [3.05, 3.63) is 56.3 Å². The average Bonchev–Trinajstić information content (AvgIpc) is 3.46. The number of carbonyl (C=O) groups excluding carboxylic acids is 2. The summed E-state index contributed by atoms with van der Waals surface area (Å²) < 4.78 is 21.5. The van der Waals surface area contributed by atoms with Crippen molar-refractivity contribution in [2.24, 2.45) is 0 Å². The van der Waals surface area contributed by atoms with Crippen LogP contribution in [0.25, 0.3) is 0 Å². The minimum Gasteiger partial charge on any atom is -0.466 e. The second-order valence-corrected chi connectivity index (χ2v) is 8.36. The van der Waals surface area contributed by atoms with Crippen molar-refractivity contribution in [1.82, 2.24) is 5.32 Å². The Bertz CT molecular complexity index is 951. The van der Waals surface area contributed by atoms with Crippen molar-refractivity contribution in [3.63, 3.8) is 0 Å². The molecule has 2 atom stereocenters. The molecule has 0 aromatic heterocycles. The second kappa shape index (κ2) is 9.61. The highest BCUT2D eigenvalue weighted by Gasteiger charge is 2.42. The van der Waals surface area contributed by atoms with E-state index in [0.29, 0.717) is 35.2 Å². The lowest BCUT2D eigenvalue weighted by molar-refractivity contribution is -0.139. The van der Waals surface area contributed by atoms with Crippen LogP contribution in [-0.2, 0) is 28.5 Å². The number of nitrogens with one attached hydrogen (secondary N) is 1. The fourth-order valence-electron chi connectivity index (χ4n) is 3.47. The van der Waals surface area contributed by atoms with Crippen molar-refractivity contribution in [1.29, 1.82) is 0 Å². The molecule has 1 aromatic rings. The highest BCUT2D eigenvalue weighted by atomic mass is 35.5. The molecule has 31 heavy (non-hydrogen) atoms. The predicted molar refractivity (Wildman–Crippen MR) is 116 cm³/mol. The van der Waals surface area contributed by atoms with E-state index < -0.39 is 17.9 Å². The van der Waals surface area contributed by atoms with Gasteiger partial charge in [0.05, 0.1) is 66.3 Å². The number of halogens is 2. The third kappa shape index (κ3) is 5.06. The van der Waals surface area contributed by atoms with Crippen LogP contribution < -0.4 is 5.32 Å². The molecule has 2 aliphatic rings. The molecule has 1 fully saturated rings. The van der Waals surface area contributed by atoms with Crippen molar-refractivity contribution in [3.8, 4) is 0 Å². The Balaban J connectivity index is 2.12.